The maximum atomic E-state index is 11.8. The Labute approximate surface area is 150 Å². The molecule has 140 valence electrons. The minimum atomic E-state index is -0.194. The second kappa shape index (κ2) is 11.6. The maximum absolute atomic E-state index is 11.8. The van der Waals surface area contributed by atoms with Crippen molar-refractivity contribution in [3.63, 3.8) is 0 Å². The van der Waals surface area contributed by atoms with Gasteiger partial charge < -0.3 is 20.4 Å². The molecule has 1 saturated carbocycles. The second-order valence-electron chi connectivity index (χ2n) is 6.57. The standard InChI is InChI=1S/C19H32N4O2/c1-2-20-19(22-12-6-5-10-16-8-3-4-9-16)23-14-13-21-18(24)17-11-7-15-25-17/h7,11,15-16H,2-6,8-10,12-14H2,1H3,(H,21,24)(H2,20,22,23). The van der Waals surface area contributed by atoms with E-state index in [4.69, 9.17) is 4.42 Å². The van der Waals surface area contributed by atoms with Crippen molar-refractivity contribution in [3.8, 4) is 0 Å². The molecular formula is C19H32N4O2. The van der Waals surface area contributed by atoms with Crippen molar-refractivity contribution in [1.29, 1.82) is 0 Å². The van der Waals surface area contributed by atoms with Crippen molar-refractivity contribution in [1.82, 2.24) is 16.0 Å². The summed E-state index contributed by atoms with van der Waals surface area (Å²) in [6.45, 7) is 4.87. The minimum Gasteiger partial charge on any atom is -0.459 e. The van der Waals surface area contributed by atoms with Gasteiger partial charge >= 0.3 is 0 Å². The number of hydrogen-bond donors (Lipinski definition) is 3. The van der Waals surface area contributed by atoms with Gasteiger partial charge in [0.1, 0.15) is 0 Å². The molecule has 3 N–H and O–H groups in total. The van der Waals surface area contributed by atoms with Crippen LogP contribution in [-0.2, 0) is 0 Å². The van der Waals surface area contributed by atoms with Gasteiger partial charge in [-0.3, -0.25) is 9.79 Å². The summed E-state index contributed by atoms with van der Waals surface area (Å²) in [6, 6.07) is 3.36. The zero-order valence-corrected chi connectivity index (χ0v) is 15.4. The van der Waals surface area contributed by atoms with Crippen LogP contribution in [0.15, 0.2) is 27.8 Å². The molecule has 0 atom stereocenters. The molecule has 0 aliphatic heterocycles. The highest BCUT2D eigenvalue weighted by molar-refractivity contribution is 5.91. The van der Waals surface area contributed by atoms with Crippen LogP contribution < -0.4 is 16.0 Å². The molecule has 1 amide bonds. The summed E-state index contributed by atoms with van der Waals surface area (Å²) in [5.74, 6) is 1.92. The summed E-state index contributed by atoms with van der Waals surface area (Å²) in [5.41, 5.74) is 0. The molecular weight excluding hydrogens is 316 g/mol. The van der Waals surface area contributed by atoms with E-state index < -0.39 is 0 Å². The first-order valence-corrected chi connectivity index (χ1v) is 9.63. The molecule has 0 saturated heterocycles. The summed E-state index contributed by atoms with van der Waals surface area (Å²) in [6.07, 6.45) is 11.0. The molecule has 0 spiro atoms. The fraction of sp³-hybridized carbons (Fsp3) is 0.684. The van der Waals surface area contributed by atoms with Crippen LogP contribution in [0.2, 0.25) is 0 Å². The van der Waals surface area contributed by atoms with Gasteiger partial charge in [0.15, 0.2) is 11.7 Å². The number of furan rings is 1. The van der Waals surface area contributed by atoms with Gasteiger partial charge in [-0.1, -0.05) is 38.5 Å². The molecule has 6 nitrogen and oxygen atoms in total. The zero-order chi connectivity index (χ0) is 17.7. The van der Waals surface area contributed by atoms with Crippen molar-refractivity contribution >= 4 is 11.9 Å². The van der Waals surface area contributed by atoms with Gasteiger partial charge in [-0.25, -0.2) is 0 Å². The van der Waals surface area contributed by atoms with Crippen LogP contribution in [-0.4, -0.2) is 38.0 Å². The van der Waals surface area contributed by atoms with E-state index >= 15 is 0 Å². The summed E-state index contributed by atoms with van der Waals surface area (Å²) < 4.78 is 5.06. The third-order valence-corrected chi connectivity index (χ3v) is 4.56. The van der Waals surface area contributed by atoms with Crippen molar-refractivity contribution < 1.29 is 9.21 Å². The molecule has 1 aromatic heterocycles. The predicted molar refractivity (Wildman–Crippen MR) is 101 cm³/mol. The van der Waals surface area contributed by atoms with E-state index in [0.29, 0.717) is 18.8 Å². The number of nitrogens with one attached hydrogen (secondary N) is 3. The summed E-state index contributed by atoms with van der Waals surface area (Å²) >= 11 is 0. The molecule has 0 unspecified atom stereocenters. The van der Waals surface area contributed by atoms with E-state index in [9.17, 15) is 4.79 Å². The van der Waals surface area contributed by atoms with Gasteiger partial charge in [0.25, 0.3) is 5.91 Å². The third-order valence-electron chi connectivity index (χ3n) is 4.56. The SMILES string of the molecule is CCNC(=NCCCCC1CCCC1)NCCNC(=O)c1ccco1. The number of unbranched alkanes of at least 4 members (excludes halogenated alkanes) is 1. The molecule has 2 rings (SSSR count). The Hall–Kier alpha value is -1.98. The van der Waals surface area contributed by atoms with Crippen LogP contribution >= 0.6 is 0 Å². The monoisotopic (exact) mass is 348 g/mol. The number of nitrogens with zero attached hydrogens (tertiary/aromatic N) is 1. The van der Waals surface area contributed by atoms with Gasteiger partial charge in [0.2, 0.25) is 0 Å². The fourth-order valence-corrected chi connectivity index (χ4v) is 3.23. The van der Waals surface area contributed by atoms with E-state index in [1.54, 1.807) is 12.1 Å². The smallest absolute Gasteiger partial charge is 0.287 e. The molecule has 1 fully saturated rings. The highest BCUT2D eigenvalue weighted by Gasteiger charge is 2.13. The maximum Gasteiger partial charge on any atom is 0.287 e. The van der Waals surface area contributed by atoms with E-state index in [2.05, 4.69) is 27.9 Å². The lowest BCUT2D eigenvalue weighted by Crippen LogP contribution is -2.41. The number of aliphatic imine (C=N–C) groups is 1. The Bertz CT molecular complexity index is 508. The largest absolute Gasteiger partial charge is 0.459 e. The summed E-state index contributed by atoms with van der Waals surface area (Å²) in [4.78, 5) is 16.4. The van der Waals surface area contributed by atoms with Crippen LogP contribution in [0.5, 0.6) is 0 Å². The number of carbonyl (C=O) groups excluding carboxylic acids is 1. The Morgan fingerprint density at radius 2 is 2.00 bits per heavy atom. The van der Waals surface area contributed by atoms with Crippen LogP contribution in [0.1, 0.15) is 62.4 Å². The summed E-state index contributed by atoms with van der Waals surface area (Å²) in [7, 11) is 0. The van der Waals surface area contributed by atoms with Crippen molar-refractivity contribution in [2.75, 3.05) is 26.2 Å². The lowest BCUT2D eigenvalue weighted by atomic mass is 10.0. The first-order chi connectivity index (χ1) is 12.3. The molecule has 0 bridgehead atoms. The topological polar surface area (TPSA) is 78.7 Å². The molecule has 25 heavy (non-hydrogen) atoms. The number of carbonyl (C=O) groups is 1. The third kappa shape index (κ3) is 7.63. The average Bonchev–Trinajstić information content (AvgIpc) is 3.31. The lowest BCUT2D eigenvalue weighted by molar-refractivity contribution is 0.0926. The second-order valence-corrected chi connectivity index (χ2v) is 6.57. The first kappa shape index (κ1) is 19.3. The van der Waals surface area contributed by atoms with E-state index in [-0.39, 0.29) is 5.91 Å². The van der Waals surface area contributed by atoms with Crippen molar-refractivity contribution in [3.05, 3.63) is 24.2 Å². The highest BCUT2D eigenvalue weighted by atomic mass is 16.3. The number of rotatable bonds is 10. The van der Waals surface area contributed by atoms with Crippen LogP contribution in [0.25, 0.3) is 0 Å². The predicted octanol–water partition coefficient (Wildman–Crippen LogP) is 2.93. The molecule has 0 radical (unpaired) electrons. The van der Waals surface area contributed by atoms with Crippen molar-refractivity contribution in [2.45, 2.75) is 51.9 Å². The number of hydrogen-bond acceptors (Lipinski definition) is 3. The fourth-order valence-electron chi connectivity index (χ4n) is 3.23. The quantitative estimate of drug-likeness (QED) is 0.345. The average molecular weight is 348 g/mol. The number of amides is 1. The minimum absolute atomic E-state index is 0.194. The Kier molecular flexibility index (Phi) is 8.94. The van der Waals surface area contributed by atoms with Crippen LogP contribution in [0.4, 0.5) is 0 Å². The van der Waals surface area contributed by atoms with Crippen molar-refractivity contribution in [2.24, 2.45) is 10.9 Å². The van der Waals surface area contributed by atoms with Gasteiger partial charge in [-0.05, 0) is 31.4 Å². The van der Waals surface area contributed by atoms with E-state index in [0.717, 1.165) is 31.4 Å². The van der Waals surface area contributed by atoms with Gasteiger partial charge in [-0.2, -0.15) is 0 Å². The first-order valence-electron chi connectivity index (χ1n) is 9.63. The molecule has 1 aliphatic rings. The molecule has 0 aromatic carbocycles. The van der Waals surface area contributed by atoms with Gasteiger partial charge in [0.05, 0.1) is 6.26 Å². The zero-order valence-electron chi connectivity index (χ0n) is 15.4. The summed E-state index contributed by atoms with van der Waals surface area (Å²) in [5, 5.41) is 9.30. The normalized spacial score (nSPS) is 15.3. The Morgan fingerprint density at radius 3 is 2.72 bits per heavy atom. The van der Waals surface area contributed by atoms with Gasteiger partial charge in [0, 0.05) is 26.2 Å². The van der Waals surface area contributed by atoms with Crippen LogP contribution in [0, 0.1) is 5.92 Å². The number of guanidine groups is 1. The van der Waals surface area contributed by atoms with Gasteiger partial charge in [-0.15, -0.1) is 0 Å². The highest BCUT2D eigenvalue weighted by Crippen LogP contribution is 2.28. The molecule has 1 aliphatic carbocycles. The molecule has 6 heteroatoms. The van der Waals surface area contributed by atoms with E-state index in [1.165, 1.54) is 44.8 Å². The molecule has 1 heterocycles. The Morgan fingerprint density at radius 1 is 1.20 bits per heavy atom. The van der Waals surface area contributed by atoms with Crippen LogP contribution in [0.3, 0.4) is 0 Å². The van der Waals surface area contributed by atoms with E-state index in [1.807, 2.05) is 0 Å². The Balaban J connectivity index is 1.57. The lowest BCUT2D eigenvalue weighted by Gasteiger charge is -2.12. The molecule has 1 aromatic rings.